The van der Waals surface area contributed by atoms with Crippen LogP contribution in [0.15, 0.2) is 73.1 Å². The number of pyridine rings is 1. The van der Waals surface area contributed by atoms with Gasteiger partial charge in [-0.15, -0.1) is 0 Å². The zero-order chi connectivity index (χ0) is 16.8. The molecule has 0 bridgehead atoms. The first-order valence-corrected chi connectivity index (χ1v) is 7.70. The zero-order valence-electron chi connectivity index (χ0n) is 13.4. The maximum Gasteiger partial charge on any atom is 0.119 e. The van der Waals surface area contributed by atoms with Crippen LogP contribution in [-0.2, 0) is 6.61 Å². The van der Waals surface area contributed by atoms with Crippen molar-refractivity contribution in [1.82, 2.24) is 4.98 Å². The van der Waals surface area contributed by atoms with Crippen LogP contribution in [0.5, 0.6) is 11.5 Å². The number of ether oxygens (including phenoxy) is 2. The van der Waals surface area contributed by atoms with Crippen molar-refractivity contribution in [3.63, 3.8) is 0 Å². The summed E-state index contributed by atoms with van der Waals surface area (Å²) >= 11 is 0. The molecule has 1 unspecified atom stereocenters. The molecule has 2 aromatic carbocycles. The average Bonchev–Trinajstić information content (AvgIpc) is 2.67. The van der Waals surface area contributed by atoms with Gasteiger partial charge in [-0.05, 0) is 41.5 Å². The van der Waals surface area contributed by atoms with E-state index in [1.807, 2.05) is 60.7 Å². The largest absolute Gasteiger partial charge is 0.497 e. The quantitative estimate of drug-likeness (QED) is 0.751. The second-order valence-corrected chi connectivity index (χ2v) is 5.40. The first-order valence-electron chi connectivity index (χ1n) is 7.70. The van der Waals surface area contributed by atoms with Crippen molar-refractivity contribution < 1.29 is 14.6 Å². The van der Waals surface area contributed by atoms with Gasteiger partial charge in [0.25, 0.3) is 0 Å². The lowest BCUT2D eigenvalue weighted by Crippen LogP contribution is -2.00. The molecule has 1 N–H and O–H groups in total. The van der Waals surface area contributed by atoms with E-state index in [9.17, 15) is 5.11 Å². The minimum absolute atomic E-state index is 0.460. The van der Waals surface area contributed by atoms with E-state index in [1.165, 1.54) is 0 Å². The summed E-state index contributed by atoms with van der Waals surface area (Å²) in [6.07, 6.45) is 2.66. The molecule has 4 nitrogen and oxygen atoms in total. The molecular weight excluding hydrogens is 302 g/mol. The number of hydrogen-bond acceptors (Lipinski definition) is 4. The lowest BCUT2D eigenvalue weighted by Gasteiger charge is -2.12. The molecule has 0 aliphatic rings. The highest BCUT2D eigenvalue weighted by atomic mass is 16.5. The minimum atomic E-state index is -0.689. The van der Waals surface area contributed by atoms with Gasteiger partial charge in [-0.25, -0.2) is 0 Å². The summed E-state index contributed by atoms with van der Waals surface area (Å²) in [7, 11) is 1.65. The van der Waals surface area contributed by atoms with Crippen LogP contribution < -0.4 is 9.47 Å². The van der Waals surface area contributed by atoms with Gasteiger partial charge in [0.05, 0.1) is 7.11 Å². The lowest BCUT2D eigenvalue weighted by atomic mass is 10.0. The Kier molecular flexibility index (Phi) is 5.08. The van der Waals surface area contributed by atoms with E-state index in [4.69, 9.17) is 9.47 Å². The summed E-state index contributed by atoms with van der Waals surface area (Å²) in [4.78, 5) is 4.03. The molecule has 1 heterocycles. The summed E-state index contributed by atoms with van der Waals surface area (Å²) in [5.74, 6) is 1.56. The Balaban J connectivity index is 1.64. The monoisotopic (exact) mass is 321 g/mol. The van der Waals surface area contributed by atoms with Gasteiger partial charge in [-0.1, -0.05) is 30.3 Å². The number of aromatic nitrogens is 1. The molecule has 0 aliphatic carbocycles. The summed E-state index contributed by atoms with van der Waals surface area (Å²) in [6, 6.07) is 18.9. The van der Waals surface area contributed by atoms with Crippen molar-refractivity contribution in [2.75, 3.05) is 7.11 Å². The Morgan fingerprint density at radius 1 is 0.958 bits per heavy atom. The van der Waals surface area contributed by atoms with Crippen LogP contribution in [0.2, 0.25) is 0 Å². The fourth-order valence-corrected chi connectivity index (χ4v) is 2.41. The van der Waals surface area contributed by atoms with Gasteiger partial charge < -0.3 is 14.6 Å². The highest BCUT2D eigenvalue weighted by Crippen LogP contribution is 2.24. The van der Waals surface area contributed by atoms with Crippen LogP contribution in [0.3, 0.4) is 0 Å². The summed E-state index contributed by atoms with van der Waals surface area (Å²) in [6.45, 7) is 0.460. The number of nitrogens with zero attached hydrogens (tertiary/aromatic N) is 1. The molecule has 0 aliphatic heterocycles. The minimum Gasteiger partial charge on any atom is -0.497 e. The number of rotatable bonds is 6. The van der Waals surface area contributed by atoms with Crippen LogP contribution >= 0.6 is 0 Å². The van der Waals surface area contributed by atoms with E-state index < -0.39 is 6.10 Å². The van der Waals surface area contributed by atoms with E-state index in [0.29, 0.717) is 6.61 Å². The highest BCUT2D eigenvalue weighted by Gasteiger charge is 2.10. The first kappa shape index (κ1) is 16.0. The third-order valence-electron chi connectivity index (χ3n) is 3.74. The van der Waals surface area contributed by atoms with Crippen LogP contribution in [0, 0.1) is 0 Å². The van der Waals surface area contributed by atoms with Crippen molar-refractivity contribution in [1.29, 1.82) is 0 Å². The molecule has 1 atom stereocenters. The van der Waals surface area contributed by atoms with E-state index in [2.05, 4.69) is 4.98 Å². The molecule has 3 aromatic rings. The molecule has 0 amide bonds. The fraction of sp³-hybridized carbons (Fsp3) is 0.150. The van der Waals surface area contributed by atoms with Gasteiger partial charge in [-0.2, -0.15) is 0 Å². The zero-order valence-corrected chi connectivity index (χ0v) is 13.4. The third kappa shape index (κ3) is 3.91. The number of methoxy groups -OCH3 is 1. The van der Waals surface area contributed by atoms with Crippen molar-refractivity contribution in [3.05, 3.63) is 89.7 Å². The molecule has 0 saturated heterocycles. The molecule has 0 spiro atoms. The standard InChI is InChI=1S/C20H19NO3/c1-23-19-6-2-4-15(12-19)14-24-18-9-7-16(8-10-18)20(22)17-5-3-11-21-13-17/h2-13,20,22H,14H2,1H3. The second kappa shape index (κ2) is 7.62. The van der Waals surface area contributed by atoms with Crippen molar-refractivity contribution in [3.8, 4) is 11.5 Å². The lowest BCUT2D eigenvalue weighted by molar-refractivity contribution is 0.219. The third-order valence-corrected chi connectivity index (χ3v) is 3.74. The summed E-state index contributed by atoms with van der Waals surface area (Å²) in [5, 5.41) is 10.4. The van der Waals surface area contributed by atoms with Crippen molar-refractivity contribution in [2.24, 2.45) is 0 Å². The Hall–Kier alpha value is -2.85. The average molecular weight is 321 g/mol. The SMILES string of the molecule is COc1cccc(COc2ccc(C(O)c3cccnc3)cc2)c1. The van der Waals surface area contributed by atoms with Crippen LogP contribution in [0.4, 0.5) is 0 Å². The predicted octanol–water partition coefficient (Wildman–Crippen LogP) is 3.75. The fourth-order valence-electron chi connectivity index (χ4n) is 2.41. The van der Waals surface area contributed by atoms with Gasteiger partial charge in [0.2, 0.25) is 0 Å². The summed E-state index contributed by atoms with van der Waals surface area (Å²) < 4.78 is 11.0. The normalized spacial score (nSPS) is 11.8. The van der Waals surface area contributed by atoms with Gasteiger partial charge >= 0.3 is 0 Å². The van der Waals surface area contributed by atoms with Gasteiger partial charge in [0, 0.05) is 18.0 Å². The van der Waals surface area contributed by atoms with Crippen molar-refractivity contribution in [2.45, 2.75) is 12.7 Å². The Morgan fingerprint density at radius 2 is 1.79 bits per heavy atom. The Labute approximate surface area is 141 Å². The molecule has 3 rings (SSSR count). The van der Waals surface area contributed by atoms with Gasteiger partial charge in [-0.3, -0.25) is 4.98 Å². The molecule has 24 heavy (non-hydrogen) atoms. The summed E-state index contributed by atoms with van der Waals surface area (Å²) in [5.41, 5.74) is 2.60. The van der Waals surface area contributed by atoms with Crippen LogP contribution in [0.1, 0.15) is 22.8 Å². The molecule has 0 radical (unpaired) electrons. The number of hydrogen-bond donors (Lipinski definition) is 1. The smallest absolute Gasteiger partial charge is 0.119 e. The van der Waals surface area contributed by atoms with Gasteiger partial charge in [0.15, 0.2) is 0 Å². The second-order valence-electron chi connectivity index (χ2n) is 5.40. The van der Waals surface area contributed by atoms with Crippen LogP contribution in [0.25, 0.3) is 0 Å². The van der Waals surface area contributed by atoms with Gasteiger partial charge in [0.1, 0.15) is 24.2 Å². The Morgan fingerprint density at radius 3 is 2.50 bits per heavy atom. The first-order chi connectivity index (χ1) is 11.8. The topological polar surface area (TPSA) is 51.6 Å². The molecule has 1 aromatic heterocycles. The maximum absolute atomic E-state index is 10.4. The van der Waals surface area contributed by atoms with E-state index in [-0.39, 0.29) is 0 Å². The number of aliphatic hydroxyl groups is 1. The predicted molar refractivity (Wildman–Crippen MR) is 92.1 cm³/mol. The van der Waals surface area contributed by atoms with Crippen molar-refractivity contribution >= 4 is 0 Å². The maximum atomic E-state index is 10.4. The van der Waals surface area contributed by atoms with Crippen LogP contribution in [-0.4, -0.2) is 17.2 Å². The Bertz CT molecular complexity index is 772. The molecular formula is C20H19NO3. The van der Waals surface area contributed by atoms with E-state index in [1.54, 1.807) is 19.5 Å². The molecule has 4 heteroatoms. The molecule has 0 fully saturated rings. The van der Waals surface area contributed by atoms with E-state index >= 15 is 0 Å². The molecule has 122 valence electrons. The molecule has 0 saturated carbocycles. The highest BCUT2D eigenvalue weighted by molar-refractivity contribution is 5.34. The number of benzene rings is 2. The van der Waals surface area contributed by atoms with E-state index in [0.717, 1.165) is 28.2 Å². The number of aliphatic hydroxyl groups excluding tert-OH is 1.